The van der Waals surface area contributed by atoms with Gasteiger partial charge in [-0.3, -0.25) is 4.79 Å². The lowest BCUT2D eigenvalue weighted by Crippen LogP contribution is -2.49. The quantitative estimate of drug-likeness (QED) is 0.758. The summed E-state index contributed by atoms with van der Waals surface area (Å²) in [6, 6.07) is 9.76. The molecule has 2 fully saturated rings. The molecule has 8 heteroatoms. The summed E-state index contributed by atoms with van der Waals surface area (Å²) >= 11 is 0. The number of amides is 1. The Labute approximate surface area is 154 Å². The van der Waals surface area contributed by atoms with Crippen LogP contribution in [-0.4, -0.2) is 63.6 Å². The first kappa shape index (κ1) is 19.3. The molecule has 0 saturated carbocycles. The lowest BCUT2D eigenvalue weighted by atomic mass is 10.0. The lowest BCUT2D eigenvalue weighted by molar-refractivity contribution is -0.187. The lowest BCUT2D eigenvalue weighted by Gasteiger charge is -2.37. The summed E-state index contributed by atoms with van der Waals surface area (Å²) in [6.45, 7) is 2.04. The predicted molar refractivity (Wildman–Crippen MR) is 97.0 cm³/mol. The maximum absolute atomic E-state index is 12.3. The number of carbonyl (C=O) groups excluding carboxylic acids is 1. The van der Waals surface area contributed by atoms with Crippen LogP contribution in [0.3, 0.4) is 0 Å². The molecular weight excluding hydrogens is 356 g/mol. The SMILES string of the molecule is O=C(CNS(=O)(=O)CCCc1ccccc1)N1CCC2(CC1)OCCO2. The molecule has 0 unspecified atom stereocenters. The zero-order valence-electron chi connectivity index (χ0n) is 14.9. The van der Waals surface area contributed by atoms with Gasteiger partial charge in [0.05, 0.1) is 25.5 Å². The molecular formula is C18H26N2O5S. The Morgan fingerprint density at radius 3 is 2.42 bits per heavy atom. The first-order valence-electron chi connectivity index (χ1n) is 9.05. The van der Waals surface area contributed by atoms with Crippen LogP contribution in [0.25, 0.3) is 0 Å². The van der Waals surface area contributed by atoms with E-state index < -0.39 is 15.8 Å². The third-order valence-electron chi connectivity index (χ3n) is 4.86. The van der Waals surface area contributed by atoms with E-state index in [0.717, 1.165) is 5.56 Å². The second-order valence-electron chi connectivity index (χ2n) is 6.72. The number of nitrogens with one attached hydrogen (secondary N) is 1. The molecule has 1 aromatic carbocycles. The summed E-state index contributed by atoms with van der Waals surface area (Å²) in [5.41, 5.74) is 1.11. The molecule has 1 aromatic rings. The van der Waals surface area contributed by atoms with Crippen molar-refractivity contribution < 1.29 is 22.7 Å². The fraction of sp³-hybridized carbons (Fsp3) is 0.611. The average molecular weight is 382 g/mol. The first-order valence-corrected chi connectivity index (χ1v) is 10.7. The minimum Gasteiger partial charge on any atom is -0.347 e. The van der Waals surface area contributed by atoms with Crippen LogP contribution in [0, 0.1) is 0 Å². The Kier molecular flexibility index (Phi) is 6.29. The minimum absolute atomic E-state index is 0.0139. The van der Waals surface area contributed by atoms with E-state index in [0.29, 0.717) is 52.0 Å². The number of aryl methyl sites for hydroxylation is 1. The van der Waals surface area contributed by atoms with Gasteiger partial charge in [-0.15, -0.1) is 0 Å². The van der Waals surface area contributed by atoms with E-state index in [4.69, 9.17) is 9.47 Å². The molecule has 1 N–H and O–H groups in total. The molecule has 1 amide bonds. The molecule has 26 heavy (non-hydrogen) atoms. The molecule has 0 atom stereocenters. The standard InChI is InChI=1S/C18H26N2O5S/c21-17(20-10-8-18(9-11-20)24-12-13-25-18)15-19-26(22,23)14-4-7-16-5-2-1-3-6-16/h1-3,5-6,19H,4,7-15H2. The highest BCUT2D eigenvalue weighted by molar-refractivity contribution is 7.89. The smallest absolute Gasteiger partial charge is 0.237 e. The molecule has 2 heterocycles. The van der Waals surface area contributed by atoms with Crippen molar-refractivity contribution in [1.82, 2.24) is 9.62 Å². The molecule has 2 saturated heterocycles. The Balaban J connectivity index is 1.38. The molecule has 7 nitrogen and oxygen atoms in total. The number of piperidine rings is 1. The van der Waals surface area contributed by atoms with Gasteiger partial charge >= 0.3 is 0 Å². The number of rotatable bonds is 7. The van der Waals surface area contributed by atoms with Gasteiger partial charge in [-0.1, -0.05) is 30.3 Å². The second-order valence-corrected chi connectivity index (χ2v) is 8.64. The Hall–Kier alpha value is -1.48. The van der Waals surface area contributed by atoms with Crippen LogP contribution in [0.2, 0.25) is 0 Å². The predicted octanol–water partition coefficient (Wildman–Crippen LogP) is 0.904. The van der Waals surface area contributed by atoms with Gasteiger partial charge in [0.15, 0.2) is 5.79 Å². The normalized spacial score (nSPS) is 19.8. The zero-order valence-corrected chi connectivity index (χ0v) is 15.7. The highest BCUT2D eigenvalue weighted by Gasteiger charge is 2.40. The number of hydrogen-bond donors (Lipinski definition) is 1. The number of sulfonamides is 1. The highest BCUT2D eigenvalue weighted by atomic mass is 32.2. The van der Waals surface area contributed by atoms with Crippen molar-refractivity contribution >= 4 is 15.9 Å². The maximum Gasteiger partial charge on any atom is 0.237 e. The number of likely N-dealkylation sites (tertiary alicyclic amines) is 1. The topological polar surface area (TPSA) is 84.9 Å². The maximum atomic E-state index is 12.3. The van der Waals surface area contributed by atoms with Crippen LogP contribution < -0.4 is 4.72 Å². The summed E-state index contributed by atoms with van der Waals surface area (Å²) in [6.07, 6.45) is 2.48. The van der Waals surface area contributed by atoms with Gasteiger partial charge in [0.25, 0.3) is 0 Å². The monoisotopic (exact) mass is 382 g/mol. The first-order chi connectivity index (χ1) is 12.5. The van der Waals surface area contributed by atoms with Gasteiger partial charge < -0.3 is 14.4 Å². The van der Waals surface area contributed by atoms with Gasteiger partial charge in [0, 0.05) is 25.9 Å². The van der Waals surface area contributed by atoms with Crippen molar-refractivity contribution in [2.45, 2.75) is 31.5 Å². The molecule has 0 bridgehead atoms. The summed E-state index contributed by atoms with van der Waals surface area (Å²) in [5.74, 6) is -0.724. The molecule has 0 radical (unpaired) electrons. The zero-order chi connectivity index (χ0) is 18.5. The van der Waals surface area contributed by atoms with Gasteiger partial charge in [-0.25, -0.2) is 13.1 Å². The summed E-state index contributed by atoms with van der Waals surface area (Å²) in [4.78, 5) is 13.9. The highest BCUT2D eigenvalue weighted by Crippen LogP contribution is 2.31. The van der Waals surface area contributed by atoms with Crippen molar-refractivity contribution in [1.29, 1.82) is 0 Å². The number of nitrogens with zero attached hydrogens (tertiary/aromatic N) is 1. The van der Waals surface area contributed by atoms with Crippen LogP contribution in [0.4, 0.5) is 0 Å². The summed E-state index contributed by atoms with van der Waals surface area (Å²) < 4.78 is 37.9. The number of ether oxygens (including phenoxy) is 2. The fourth-order valence-electron chi connectivity index (χ4n) is 3.35. The summed E-state index contributed by atoms with van der Waals surface area (Å²) in [7, 11) is -3.45. The fourth-order valence-corrected chi connectivity index (χ4v) is 4.36. The Morgan fingerprint density at radius 2 is 1.77 bits per heavy atom. The van der Waals surface area contributed by atoms with Crippen molar-refractivity contribution in [3.8, 4) is 0 Å². The number of benzene rings is 1. The minimum atomic E-state index is -3.45. The summed E-state index contributed by atoms with van der Waals surface area (Å²) in [5, 5.41) is 0. The van der Waals surface area contributed by atoms with E-state index in [1.165, 1.54) is 0 Å². The molecule has 2 aliphatic heterocycles. The van der Waals surface area contributed by atoms with Gasteiger partial charge in [0.2, 0.25) is 15.9 Å². The molecule has 0 aromatic heterocycles. The van der Waals surface area contributed by atoms with E-state index in [1.807, 2.05) is 30.3 Å². The van der Waals surface area contributed by atoms with Crippen LogP contribution in [-0.2, 0) is 30.7 Å². The third-order valence-corrected chi connectivity index (χ3v) is 6.27. The van der Waals surface area contributed by atoms with E-state index in [1.54, 1.807) is 4.90 Å². The Morgan fingerprint density at radius 1 is 1.12 bits per heavy atom. The molecule has 0 aliphatic carbocycles. The molecule has 2 aliphatic rings. The van der Waals surface area contributed by atoms with Crippen molar-refractivity contribution in [2.24, 2.45) is 0 Å². The van der Waals surface area contributed by atoms with Crippen LogP contribution >= 0.6 is 0 Å². The van der Waals surface area contributed by atoms with E-state index in [2.05, 4.69) is 4.72 Å². The van der Waals surface area contributed by atoms with Crippen LogP contribution in [0.15, 0.2) is 30.3 Å². The van der Waals surface area contributed by atoms with Crippen molar-refractivity contribution in [2.75, 3.05) is 38.6 Å². The van der Waals surface area contributed by atoms with Gasteiger partial charge in [0.1, 0.15) is 0 Å². The van der Waals surface area contributed by atoms with E-state index >= 15 is 0 Å². The Bertz CT molecular complexity index is 692. The van der Waals surface area contributed by atoms with Crippen LogP contribution in [0.5, 0.6) is 0 Å². The van der Waals surface area contributed by atoms with Gasteiger partial charge in [-0.2, -0.15) is 0 Å². The number of hydrogen-bond acceptors (Lipinski definition) is 5. The van der Waals surface area contributed by atoms with Crippen molar-refractivity contribution in [3.63, 3.8) is 0 Å². The molecule has 3 rings (SSSR count). The van der Waals surface area contributed by atoms with Crippen LogP contribution in [0.1, 0.15) is 24.8 Å². The average Bonchev–Trinajstić information content (AvgIpc) is 3.09. The van der Waals surface area contributed by atoms with Gasteiger partial charge in [-0.05, 0) is 18.4 Å². The third kappa shape index (κ3) is 5.26. The second kappa shape index (κ2) is 8.47. The van der Waals surface area contributed by atoms with E-state index in [9.17, 15) is 13.2 Å². The molecule has 1 spiro atoms. The molecule has 144 valence electrons. The largest absolute Gasteiger partial charge is 0.347 e. The van der Waals surface area contributed by atoms with Crippen molar-refractivity contribution in [3.05, 3.63) is 35.9 Å². The number of carbonyl (C=O) groups is 1. The van der Waals surface area contributed by atoms with E-state index in [-0.39, 0.29) is 18.2 Å².